The van der Waals surface area contributed by atoms with Crippen LogP contribution in [0, 0.1) is 0 Å². The van der Waals surface area contributed by atoms with Gasteiger partial charge in [-0.2, -0.15) is 13.2 Å². The third kappa shape index (κ3) is 5.70. The van der Waals surface area contributed by atoms with Crippen LogP contribution in [0.5, 0.6) is 5.75 Å². The van der Waals surface area contributed by atoms with Gasteiger partial charge in [0.05, 0.1) is 6.61 Å². The van der Waals surface area contributed by atoms with Crippen molar-refractivity contribution in [2.24, 2.45) is 0 Å². The second-order valence-electron chi connectivity index (χ2n) is 6.06. The minimum atomic E-state index is -4.89. The number of amides is 1. The summed E-state index contributed by atoms with van der Waals surface area (Å²) in [6.07, 6.45) is -0.203. The number of carbonyl (C=O) groups is 1. The number of hydrogen-bond donors (Lipinski definition) is 1. The van der Waals surface area contributed by atoms with E-state index in [1.807, 2.05) is 0 Å². The van der Waals surface area contributed by atoms with Crippen LogP contribution in [0.1, 0.15) is 32.6 Å². The summed E-state index contributed by atoms with van der Waals surface area (Å²) in [5, 5.41) is 1.80. The fourth-order valence-electron chi connectivity index (χ4n) is 2.78. The molecule has 1 aliphatic rings. The highest BCUT2D eigenvalue weighted by Gasteiger charge is 2.38. The van der Waals surface area contributed by atoms with Gasteiger partial charge in [0.25, 0.3) is 0 Å². The Kier molecular flexibility index (Phi) is 6.48. The minimum Gasteiger partial charge on any atom is -0.494 e. The van der Waals surface area contributed by atoms with Crippen LogP contribution in [0.4, 0.5) is 18.9 Å². The van der Waals surface area contributed by atoms with Gasteiger partial charge in [-0.15, -0.1) is 0 Å². The average Bonchev–Trinajstić information content (AvgIpc) is 2.53. The summed E-state index contributed by atoms with van der Waals surface area (Å²) in [5.74, 6) is -1.40. The summed E-state index contributed by atoms with van der Waals surface area (Å²) in [6, 6.07) is 6.51. The molecule has 1 fully saturated rings. The van der Waals surface area contributed by atoms with E-state index in [1.165, 1.54) is 31.4 Å². The number of anilines is 1. The number of nitrogens with zero attached hydrogens (tertiary/aromatic N) is 1. The molecule has 0 aromatic heterocycles. The van der Waals surface area contributed by atoms with Gasteiger partial charge in [0.2, 0.25) is 0 Å². The number of rotatable bonds is 6. The second-order valence-corrected chi connectivity index (χ2v) is 6.06. The molecule has 1 amide bonds. The van der Waals surface area contributed by atoms with Crippen LogP contribution >= 0.6 is 0 Å². The third-order valence-corrected chi connectivity index (χ3v) is 4.17. The number of ether oxygens (including phenoxy) is 1. The van der Waals surface area contributed by atoms with E-state index in [0.717, 1.165) is 19.5 Å². The molecule has 0 saturated carbocycles. The highest BCUT2D eigenvalue weighted by Crippen LogP contribution is 2.21. The van der Waals surface area contributed by atoms with Crippen LogP contribution in [-0.4, -0.2) is 42.7 Å². The standard InChI is InChI=1S/C17H23F3N2O2/c1-13-5-2-3-10-22(13)11-4-12-24-15-8-6-14(7-9-15)21-16(23)17(18,19)20/h6-9,13H,2-5,10-12H2,1H3,(H,21,23)/t13-/m0/s1. The van der Waals surface area contributed by atoms with Gasteiger partial charge < -0.3 is 15.0 Å². The zero-order valence-electron chi connectivity index (χ0n) is 13.7. The van der Waals surface area contributed by atoms with E-state index in [2.05, 4.69) is 11.8 Å². The monoisotopic (exact) mass is 344 g/mol. The average molecular weight is 344 g/mol. The predicted molar refractivity (Wildman–Crippen MR) is 86.1 cm³/mol. The summed E-state index contributed by atoms with van der Waals surface area (Å²) in [6.45, 7) is 4.92. The molecule has 0 aliphatic carbocycles. The second kappa shape index (κ2) is 8.37. The summed E-state index contributed by atoms with van der Waals surface area (Å²) >= 11 is 0. The van der Waals surface area contributed by atoms with Gasteiger partial charge in [0.15, 0.2) is 0 Å². The number of hydrogen-bond acceptors (Lipinski definition) is 3. The molecule has 0 spiro atoms. The lowest BCUT2D eigenvalue weighted by atomic mass is 10.0. The van der Waals surface area contributed by atoms with Crippen molar-refractivity contribution < 1.29 is 22.7 Å². The molecule has 24 heavy (non-hydrogen) atoms. The highest BCUT2D eigenvalue weighted by atomic mass is 19.4. The maximum absolute atomic E-state index is 12.2. The van der Waals surface area contributed by atoms with E-state index >= 15 is 0 Å². The number of halogens is 3. The number of nitrogens with one attached hydrogen (secondary N) is 1. The Morgan fingerprint density at radius 2 is 2.00 bits per heavy atom. The molecular formula is C17H23F3N2O2. The number of piperidine rings is 1. The van der Waals surface area contributed by atoms with Crippen molar-refractivity contribution in [3.63, 3.8) is 0 Å². The number of carbonyl (C=O) groups excluding carboxylic acids is 1. The number of likely N-dealkylation sites (tertiary alicyclic amines) is 1. The predicted octanol–water partition coefficient (Wildman–Crippen LogP) is 3.83. The fraction of sp³-hybridized carbons (Fsp3) is 0.588. The normalized spacial score (nSPS) is 19.1. The Bertz CT molecular complexity index is 532. The van der Waals surface area contributed by atoms with E-state index in [9.17, 15) is 18.0 Å². The van der Waals surface area contributed by atoms with Gasteiger partial charge in [-0.25, -0.2) is 0 Å². The summed E-state index contributed by atoms with van der Waals surface area (Å²) in [4.78, 5) is 13.3. The quantitative estimate of drug-likeness (QED) is 0.798. The molecule has 1 aromatic carbocycles. The minimum absolute atomic E-state index is 0.0896. The lowest BCUT2D eigenvalue weighted by molar-refractivity contribution is -0.167. The van der Waals surface area contributed by atoms with Crippen LogP contribution in [0.25, 0.3) is 0 Å². The van der Waals surface area contributed by atoms with E-state index in [1.54, 1.807) is 17.4 Å². The third-order valence-electron chi connectivity index (χ3n) is 4.17. The van der Waals surface area contributed by atoms with Crippen LogP contribution in [0.2, 0.25) is 0 Å². The largest absolute Gasteiger partial charge is 0.494 e. The Balaban J connectivity index is 1.71. The van der Waals surface area contributed by atoms with Crippen LogP contribution in [-0.2, 0) is 4.79 Å². The fourth-order valence-corrected chi connectivity index (χ4v) is 2.78. The lowest BCUT2D eigenvalue weighted by Gasteiger charge is -2.33. The molecule has 0 unspecified atom stereocenters. The van der Waals surface area contributed by atoms with Crippen LogP contribution in [0.3, 0.4) is 0 Å². The van der Waals surface area contributed by atoms with E-state index in [4.69, 9.17) is 4.74 Å². The lowest BCUT2D eigenvalue weighted by Crippen LogP contribution is -2.38. The zero-order chi connectivity index (χ0) is 17.6. The maximum atomic E-state index is 12.2. The molecule has 2 rings (SSSR count). The summed E-state index contributed by atoms with van der Waals surface area (Å²) < 4.78 is 42.1. The van der Waals surface area contributed by atoms with Gasteiger partial charge in [-0.1, -0.05) is 6.42 Å². The first kappa shape index (κ1) is 18.6. The molecule has 0 bridgehead atoms. The molecule has 7 heteroatoms. The van der Waals surface area contributed by atoms with E-state index in [-0.39, 0.29) is 5.69 Å². The van der Waals surface area contributed by atoms with E-state index in [0.29, 0.717) is 18.4 Å². The molecule has 134 valence electrons. The molecule has 1 N–H and O–H groups in total. The van der Waals surface area contributed by atoms with Crippen molar-refractivity contribution in [2.75, 3.05) is 25.0 Å². The highest BCUT2D eigenvalue weighted by molar-refractivity contribution is 5.94. The molecule has 1 atom stereocenters. The molecule has 1 aromatic rings. The molecule has 1 heterocycles. The molecule has 1 aliphatic heterocycles. The summed E-state index contributed by atoms with van der Waals surface area (Å²) in [5.41, 5.74) is 0.0896. The van der Waals surface area contributed by atoms with Crippen molar-refractivity contribution in [3.05, 3.63) is 24.3 Å². The van der Waals surface area contributed by atoms with Gasteiger partial charge in [0.1, 0.15) is 5.75 Å². The Morgan fingerprint density at radius 1 is 1.29 bits per heavy atom. The van der Waals surface area contributed by atoms with Crippen LogP contribution in [0.15, 0.2) is 24.3 Å². The smallest absolute Gasteiger partial charge is 0.471 e. The zero-order valence-corrected chi connectivity index (χ0v) is 13.7. The van der Waals surface area contributed by atoms with Gasteiger partial charge >= 0.3 is 12.1 Å². The summed E-state index contributed by atoms with van der Waals surface area (Å²) in [7, 11) is 0. The Labute approximate surface area is 140 Å². The molecular weight excluding hydrogens is 321 g/mol. The molecule has 4 nitrogen and oxygen atoms in total. The first-order valence-electron chi connectivity index (χ1n) is 8.21. The number of benzene rings is 1. The van der Waals surface area contributed by atoms with E-state index < -0.39 is 12.1 Å². The Hall–Kier alpha value is -1.76. The van der Waals surface area contributed by atoms with Crippen molar-refractivity contribution in [1.82, 2.24) is 4.90 Å². The molecule has 1 saturated heterocycles. The van der Waals surface area contributed by atoms with Gasteiger partial charge in [0, 0.05) is 18.3 Å². The first-order valence-corrected chi connectivity index (χ1v) is 8.21. The van der Waals surface area contributed by atoms with Gasteiger partial charge in [-0.3, -0.25) is 4.79 Å². The number of alkyl halides is 3. The van der Waals surface area contributed by atoms with Gasteiger partial charge in [-0.05, 0) is 57.0 Å². The Morgan fingerprint density at radius 3 is 2.62 bits per heavy atom. The van der Waals surface area contributed by atoms with Crippen molar-refractivity contribution in [3.8, 4) is 5.75 Å². The first-order chi connectivity index (χ1) is 11.4. The topological polar surface area (TPSA) is 41.6 Å². The van der Waals surface area contributed by atoms with Crippen molar-refractivity contribution >= 4 is 11.6 Å². The van der Waals surface area contributed by atoms with Crippen molar-refractivity contribution in [2.45, 2.75) is 44.8 Å². The maximum Gasteiger partial charge on any atom is 0.471 e. The van der Waals surface area contributed by atoms with Crippen molar-refractivity contribution in [1.29, 1.82) is 0 Å². The molecule has 0 radical (unpaired) electrons. The van der Waals surface area contributed by atoms with Crippen LogP contribution < -0.4 is 10.1 Å². The SMILES string of the molecule is C[C@H]1CCCCN1CCCOc1ccc(NC(=O)C(F)(F)F)cc1.